The van der Waals surface area contributed by atoms with Crippen LogP contribution in [-0.4, -0.2) is 21.6 Å². The summed E-state index contributed by atoms with van der Waals surface area (Å²) < 4.78 is 0.767. The zero-order valence-electron chi connectivity index (χ0n) is 16.5. The van der Waals surface area contributed by atoms with Gasteiger partial charge in [-0.3, -0.25) is 14.6 Å². The van der Waals surface area contributed by atoms with Gasteiger partial charge in [0.15, 0.2) is 0 Å². The number of thioether (sulfide) groups is 2. The maximum Gasteiger partial charge on any atom is 0.326 e. The third-order valence-corrected chi connectivity index (χ3v) is 8.00. The zero-order chi connectivity index (χ0) is 22.5. The predicted octanol–water partition coefficient (Wildman–Crippen LogP) is 4.17. The van der Waals surface area contributed by atoms with Crippen molar-refractivity contribution in [2.75, 3.05) is 11.1 Å². The summed E-state index contributed by atoms with van der Waals surface area (Å²) in [5.74, 6) is 0.607. The summed E-state index contributed by atoms with van der Waals surface area (Å²) in [7, 11) is 0. The third kappa shape index (κ3) is 4.96. The maximum atomic E-state index is 12.6. The van der Waals surface area contributed by atoms with Crippen LogP contribution in [0.3, 0.4) is 0 Å². The minimum absolute atomic E-state index is 0.0569. The summed E-state index contributed by atoms with van der Waals surface area (Å²) in [6.07, 6.45) is 0. The van der Waals surface area contributed by atoms with Crippen LogP contribution in [0.25, 0.3) is 10.2 Å². The monoisotopic (exact) mass is 480 g/mol. The van der Waals surface area contributed by atoms with Crippen LogP contribution in [0.15, 0.2) is 73.3 Å². The molecule has 0 aliphatic rings. The van der Waals surface area contributed by atoms with Gasteiger partial charge in [-0.1, -0.05) is 42.5 Å². The first-order chi connectivity index (χ1) is 15.5. The summed E-state index contributed by atoms with van der Waals surface area (Å²) >= 11 is 3.88. The van der Waals surface area contributed by atoms with Gasteiger partial charge in [-0.2, -0.15) is 5.26 Å². The Kier molecular flexibility index (Phi) is 6.80. The number of benzene rings is 2. The van der Waals surface area contributed by atoms with E-state index < -0.39 is 11.2 Å². The molecule has 0 saturated carbocycles. The number of amides is 1. The van der Waals surface area contributed by atoms with Crippen LogP contribution in [0.2, 0.25) is 0 Å². The smallest absolute Gasteiger partial charge is 0.324 e. The molecule has 0 saturated heterocycles. The Morgan fingerprint density at radius 1 is 1.03 bits per heavy atom. The number of hydrogen-bond acceptors (Lipinski definition) is 7. The molecule has 1 amide bonds. The van der Waals surface area contributed by atoms with Crippen molar-refractivity contribution in [1.82, 2.24) is 9.97 Å². The number of H-pyrrole nitrogens is 2. The van der Waals surface area contributed by atoms with Gasteiger partial charge in [0.2, 0.25) is 5.91 Å². The molecule has 2 aromatic carbocycles. The normalized spacial score (nSPS) is 10.7. The van der Waals surface area contributed by atoms with Gasteiger partial charge in [0, 0.05) is 10.6 Å². The molecule has 32 heavy (non-hydrogen) atoms. The number of fused-ring (bicyclic) bond motifs is 1. The minimum atomic E-state index is -0.671. The van der Waals surface area contributed by atoms with Crippen molar-refractivity contribution >= 4 is 56.7 Å². The van der Waals surface area contributed by atoms with Gasteiger partial charge in [-0.25, -0.2) is 4.79 Å². The molecule has 4 rings (SSSR count). The number of carbonyl (C=O) groups is 1. The Balaban J connectivity index is 1.45. The van der Waals surface area contributed by atoms with Crippen LogP contribution in [-0.2, 0) is 10.5 Å². The molecule has 2 heterocycles. The SMILES string of the molecule is N#Cc1c(SCC(=O)Nc2ccccc2SCc2ccccc2)sc2c(=O)[nH]c(=O)[nH]c12. The van der Waals surface area contributed by atoms with Gasteiger partial charge in [0.05, 0.1) is 21.2 Å². The van der Waals surface area contributed by atoms with Gasteiger partial charge in [0.25, 0.3) is 5.56 Å². The van der Waals surface area contributed by atoms with Crippen molar-refractivity contribution in [3.8, 4) is 6.07 Å². The molecule has 0 radical (unpaired) electrons. The summed E-state index contributed by atoms with van der Waals surface area (Å²) in [5, 5.41) is 12.4. The number of para-hydroxylation sites is 1. The molecular formula is C22H16N4O3S3. The molecule has 0 bridgehead atoms. The van der Waals surface area contributed by atoms with Crippen molar-refractivity contribution < 1.29 is 4.79 Å². The molecule has 160 valence electrons. The van der Waals surface area contributed by atoms with E-state index in [1.807, 2.05) is 48.5 Å². The number of nitrogens with zero attached hydrogens (tertiary/aromatic N) is 1. The van der Waals surface area contributed by atoms with Crippen molar-refractivity contribution in [1.29, 1.82) is 5.26 Å². The summed E-state index contributed by atoms with van der Waals surface area (Å²) in [6.45, 7) is 0. The van der Waals surface area contributed by atoms with Crippen LogP contribution in [0.1, 0.15) is 11.1 Å². The van der Waals surface area contributed by atoms with E-state index in [4.69, 9.17) is 0 Å². The molecule has 0 aliphatic carbocycles. The first-order valence-electron chi connectivity index (χ1n) is 9.42. The van der Waals surface area contributed by atoms with Crippen molar-refractivity contribution in [3.63, 3.8) is 0 Å². The lowest BCUT2D eigenvalue weighted by atomic mass is 10.2. The quantitative estimate of drug-likeness (QED) is 0.342. The van der Waals surface area contributed by atoms with E-state index in [1.165, 1.54) is 5.56 Å². The Hall–Kier alpha value is -3.26. The van der Waals surface area contributed by atoms with Gasteiger partial charge in [-0.15, -0.1) is 34.9 Å². The van der Waals surface area contributed by atoms with Crippen molar-refractivity contribution in [2.45, 2.75) is 14.9 Å². The largest absolute Gasteiger partial charge is 0.326 e. The number of aromatic nitrogens is 2. The number of nitrogens with one attached hydrogen (secondary N) is 3. The van der Waals surface area contributed by atoms with Crippen LogP contribution in [0.5, 0.6) is 0 Å². The highest BCUT2D eigenvalue weighted by molar-refractivity contribution is 8.02. The van der Waals surface area contributed by atoms with Crippen LogP contribution >= 0.6 is 34.9 Å². The number of aromatic amines is 2. The Morgan fingerprint density at radius 3 is 2.56 bits per heavy atom. The highest BCUT2D eigenvalue weighted by Crippen LogP contribution is 2.35. The number of thiophene rings is 1. The lowest BCUT2D eigenvalue weighted by molar-refractivity contribution is -0.113. The summed E-state index contributed by atoms with van der Waals surface area (Å²) in [5.41, 5.74) is 1.09. The van der Waals surface area contributed by atoms with E-state index in [0.717, 1.165) is 39.4 Å². The molecule has 0 aliphatic heterocycles. The number of hydrogen-bond donors (Lipinski definition) is 3. The fraction of sp³-hybridized carbons (Fsp3) is 0.0909. The molecule has 3 N–H and O–H groups in total. The van der Waals surface area contributed by atoms with Crippen LogP contribution in [0.4, 0.5) is 5.69 Å². The Labute approximate surface area is 194 Å². The topological polar surface area (TPSA) is 119 Å². The van der Waals surface area contributed by atoms with E-state index in [1.54, 1.807) is 11.8 Å². The average Bonchev–Trinajstić information content (AvgIpc) is 3.15. The Morgan fingerprint density at radius 2 is 1.78 bits per heavy atom. The van der Waals surface area contributed by atoms with Gasteiger partial charge in [-0.05, 0) is 17.7 Å². The van der Waals surface area contributed by atoms with Gasteiger partial charge < -0.3 is 10.3 Å². The lowest BCUT2D eigenvalue weighted by Crippen LogP contribution is -2.20. The van der Waals surface area contributed by atoms with E-state index in [2.05, 4.69) is 27.4 Å². The first kappa shape index (κ1) is 22.0. The molecule has 0 fully saturated rings. The number of carbonyl (C=O) groups excluding carboxylic acids is 1. The highest BCUT2D eigenvalue weighted by atomic mass is 32.2. The average molecular weight is 481 g/mol. The van der Waals surface area contributed by atoms with Crippen molar-refractivity contribution in [3.05, 3.63) is 86.6 Å². The Bertz CT molecular complexity index is 1430. The number of rotatable bonds is 7. The number of nitriles is 1. The minimum Gasteiger partial charge on any atom is -0.324 e. The number of anilines is 1. The second kappa shape index (κ2) is 9.91. The second-order valence-electron chi connectivity index (χ2n) is 6.60. The molecule has 0 spiro atoms. The van der Waals surface area contributed by atoms with Gasteiger partial charge >= 0.3 is 5.69 Å². The van der Waals surface area contributed by atoms with E-state index >= 15 is 0 Å². The van der Waals surface area contributed by atoms with E-state index in [-0.39, 0.29) is 27.4 Å². The first-order valence-corrected chi connectivity index (χ1v) is 12.2. The predicted molar refractivity (Wildman–Crippen MR) is 130 cm³/mol. The summed E-state index contributed by atoms with van der Waals surface area (Å²) in [6, 6.07) is 19.7. The fourth-order valence-electron chi connectivity index (χ4n) is 2.95. The summed E-state index contributed by atoms with van der Waals surface area (Å²) in [4.78, 5) is 41.7. The molecule has 0 atom stereocenters. The zero-order valence-corrected chi connectivity index (χ0v) is 19.0. The van der Waals surface area contributed by atoms with E-state index in [9.17, 15) is 19.6 Å². The third-order valence-electron chi connectivity index (χ3n) is 4.39. The highest BCUT2D eigenvalue weighted by Gasteiger charge is 2.17. The molecule has 7 nitrogen and oxygen atoms in total. The van der Waals surface area contributed by atoms with Crippen molar-refractivity contribution in [2.24, 2.45) is 0 Å². The van der Waals surface area contributed by atoms with Gasteiger partial charge in [0.1, 0.15) is 16.3 Å². The second-order valence-corrected chi connectivity index (χ2v) is 9.88. The molecule has 0 unspecified atom stereocenters. The van der Waals surface area contributed by atoms with Crippen LogP contribution < -0.4 is 16.6 Å². The molecule has 2 aromatic heterocycles. The molecule has 4 aromatic rings. The fourth-order valence-corrected chi connectivity index (χ4v) is 6.03. The van der Waals surface area contributed by atoms with E-state index in [0.29, 0.717) is 4.21 Å². The standard InChI is InChI=1S/C22H16N4O3S3/c23-10-14-18-19(20(28)26-22(29)25-18)32-21(14)31-12-17(27)24-15-8-4-5-9-16(15)30-11-13-6-2-1-3-7-13/h1-9H,11-12H2,(H,24,27)(H2,25,26,28,29). The lowest BCUT2D eigenvalue weighted by Gasteiger charge is -2.10. The molecular weight excluding hydrogens is 464 g/mol. The maximum absolute atomic E-state index is 12.6. The molecule has 10 heteroatoms. The van der Waals surface area contributed by atoms with Crippen LogP contribution in [0, 0.1) is 11.3 Å².